The molecule has 6 heteroatoms. The molecule has 1 aromatic heterocycles. The SMILES string of the molecule is O=C(O)c1ccc(-c2c(C3CCOC3)n(-c3ccc(F)cc3)c3cccc(O)c23)cc1. The Morgan fingerprint density at radius 1 is 1.03 bits per heavy atom. The summed E-state index contributed by atoms with van der Waals surface area (Å²) in [6.45, 7) is 1.18. The topological polar surface area (TPSA) is 71.7 Å². The van der Waals surface area contributed by atoms with Gasteiger partial charge in [0, 0.05) is 34.9 Å². The fourth-order valence-electron chi connectivity index (χ4n) is 4.42. The standard InChI is InChI=1S/C25H20FNO4/c26-18-8-10-19(11-9-18)27-20-2-1-3-21(28)23(20)22(24(27)17-12-13-31-14-17)15-4-6-16(7-5-15)25(29)30/h1-11,17,28H,12-14H2,(H,29,30). The van der Waals surface area contributed by atoms with Gasteiger partial charge in [0.05, 0.1) is 17.7 Å². The first kappa shape index (κ1) is 19.3. The molecular weight excluding hydrogens is 397 g/mol. The van der Waals surface area contributed by atoms with Gasteiger partial charge < -0.3 is 19.5 Å². The fourth-order valence-corrected chi connectivity index (χ4v) is 4.42. The second kappa shape index (κ2) is 7.56. The molecule has 1 aliphatic rings. The number of halogens is 1. The van der Waals surface area contributed by atoms with E-state index < -0.39 is 5.97 Å². The number of aromatic carboxylic acids is 1. The molecule has 2 N–H and O–H groups in total. The number of rotatable bonds is 4. The van der Waals surface area contributed by atoms with Gasteiger partial charge in [0.2, 0.25) is 0 Å². The number of phenols is 1. The molecule has 0 aliphatic carbocycles. The molecule has 1 aliphatic heterocycles. The van der Waals surface area contributed by atoms with E-state index in [9.17, 15) is 19.4 Å². The molecule has 156 valence electrons. The van der Waals surface area contributed by atoms with Crippen molar-refractivity contribution in [2.24, 2.45) is 0 Å². The third-order valence-electron chi connectivity index (χ3n) is 5.83. The zero-order chi connectivity index (χ0) is 21.5. The first-order valence-electron chi connectivity index (χ1n) is 10.1. The highest BCUT2D eigenvalue weighted by atomic mass is 19.1. The maximum Gasteiger partial charge on any atom is 0.335 e. The number of aromatic hydroxyl groups is 1. The van der Waals surface area contributed by atoms with Crippen molar-refractivity contribution in [2.75, 3.05) is 13.2 Å². The molecule has 1 saturated heterocycles. The smallest absolute Gasteiger partial charge is 0.335 e. The van der Waals surface area contributed by atoms with Gasteiger partial charge in [-0.25, -0.2) is 9.18 Å². The minimum atomic E-state index is -0.993. The summed E-state index contributed by atoms with van der Waals surface area (Å²) >= 11 is 0. The van der Waals surface area contributed by atoms with Crippen molar-refractivity contribution in [3.05, 3.63) is 83.8 Å². The van der Waals surface area contributed by atoms with Crippen molar-refractivity contribution < 1.29 is 24.1 Å². The van der Waals surface area contributed by atoms with Crippen LogP contribution in [0.5, 0.6) is 5.75 Å². The Hall–Kier alpha value is -3.64. The maximum absolute atomic E-state index is 13.6. The molecule has 5 nitrogen and oxygen atoms in total. The van der Waals surface area contributed by atoms with Crippen molar-refractivity contribution in [1.82, 2.24) is 4.57 Å². The van der Waals surface area contributed by atoms with E-state index in [0.29, 0.717) is 18.6 Å². The maximum atomic E-state index is 13.6. The van der Waals surface area contributed by atoms with Gasteiger partial charge >= 0.3 is 5.97 Å². The van der Waals surface area contributed by atoms with Crippen LogP contribution in [-0.2, 0) is 4.74 Å². The molecule has 0 spiro atoms. The first-order valence-corrected chi connectivity index (χ1v) is 10.1. The zero-order valence-corrected chi connectivity index (χ0v) is 16.6. The molecule has 31 heavy (non-hydrogen) atoms. The van der Waals surface area contributed by atoms with Crippen LogP contribution in [0.4, 0.5) is 4.39 Å². The van der Waals surface area contributed by atoms with Gasteiger partial charge in [-0.3, -0.25) is 0 Å². The highest BCUT2D eigenvalue weighted by molar-refractivity contribution is 6.03. The lowest BCUT2D eigenvalue weighted by molar-refractivity contribution is 0.0697. The van der Waals surface area contributed by atoms with Crippen LogP contribution in [-0.4, -0.2) is 34.0 Å². The van der Waals surface area contributed by atoms with E-state index in [-0.39, 0.29) is 23.0 Å². The van der Waals surface area contributed by atoms with Crippen LogP contribution in [0.25, 0.3) is 27.7 Å². The number of carboxylic acid groups (broad SMARTS) is 1. The van der Waals surface area contributed by atoms with Gasteiger partial charge in [0.1, 0.15) is 11.6 Å². The van der Waals surface area contributed by atoms with E-state index >= 15 is 0 Å². The summed E-state index contributed by atoms with van der Waals surface area (Å²) in [5.74, 6) is -1.10. The van der Waals surface area contributed by atoms with Crippen molar-refractivity contribution in [1.29, 1.82) is 0 Å². The Kier molecular flexibility index (Phi) is 4.71. The molecule has 0 bridgehead atoms. The van der Waals surface area contributed by atoms with Crippen LogP contribution >= 0.6 is 0 Å². The predicted molar refractivity (Wildman–Crippen MR) is 115 cm³/mol. The third kappa shape index (κ3) is 3.25. The minimum Gasteiger partial charge on any atom is -0.507 e. The lowest BCUT2D eigenvalue weighted by Crippen LogP contribution is -2.08. The molecule has 2 heterocycles. The first-order chi connectivity index (χ1) is 15.0. The van der Waals surface area contributed by atoms with E-state index in [0.717, 1.165) is 34.4 Å². The Labute approximate surface area is 177 Å². The number of ether oxygens (including phenoxy) is 1. The van der Waals surface area contributed by atoms with Crippen LogP contribution < -0.4 is 0 Å². The van der Waals surface area contributed by atoms with Crippen LogP contribution in [0.15, 0.2) is 66.7 Å². The number of fused-ring (bicyclic) bond motifs is 1. The number of phenolic OH excluding ortho intramolecular Hbond substituents is 1. The Morgan fingerprint density at radius 3 is 2.42 bits per heavy atom. The molecule has 3 aromatic carbocycles. The van der Waals surface area contributed by atoms with Crippen LogP contribution in [0.1, 0.15) is 28.4 Å². The second-order valence-corrected chi connectivity index (χ2v) is 7.69. The Bertz CT molecular complexity index is 1270. The quantitative estimate of drug-likeness (QED) is 0.470. The molecule has 1 atom stereocenters. The van der Waals surface area contributed by atoms with Crippen molar-refractivity contribution >= 4 is 16.9 Å². The summed E-state index contributed by atoms with van der Waals surface area (Å²) in [6, 6.07) is 18.3. The number of nitrogens with zero attached hydrogens (tertiary/aromatic N) is 1. The van der Waals surface area contributed by atoms with Crippen LogP contribution in [0.3, 0.4) is 0 Å². The summed E-state index contributed by atoms with van der Waals surface area (Å²) in [4.78, 5) is 11.3. The molecular formula is C25H20FNO4. The summed E-state index contributed by atoms with van der Waals surface area (Å²) in [6.07, 6.45) is 0.818. The molecule has 0 saturated carbocycles. The largest absolute Gasteiger partial charge is 0.507 e. The lowest BCUT2D eigenvalue weighted by atomic mass is 9.93. The molecule has 4 aromatic rings. The van der Waals surface area contributed by atoms with Crippen molar-refractivity contribution in [3.63, 3.8) is 0 Å². The summed E-state index contributed by atoms with van der Waals surface area (Å²) < 4.78 is 21.4. The van der Waals surface area contributed by atoms with Crippen molar-refractivity contribution in [2.45, 2.75) is 12.3 Å². The number of aromatic nitrogens is 1. The number of carboxylic acids is 1. The molecule has 0 radical (unpaired) electrons. The number of benzene rings is 3. The van der Waals surface area contributed by atoms with E-state index in [1.54, 1.807) is 48.5 Å². The molecule has 1 unspecified atom stereocenters. The highest BCUT2D eigenvalue weighted by Crippen LogP contribution is 2.45. The Balaban J connectivity index is 1.86. The second-order valence-electron chi connectivity index (χ2n) is 7.69. The number of carbonyl (C=O) groups is 1. The van der Waals surface area contributed by atoms with Gasteiger partial charge in [0.15, 0.2) is 0 Å². The number of hydrogen-bond acceptors (Lipinski definition) is 3. The van der Waals surface area contributed by atoms with Crippen LogP contribution in [0.2, 0.25) is 0 Å². The minimum absolute atomic E-state index is 0.0750. The van der Waals surface area contributed by atoms with Gasteiger partial charge in [-0.15, -0.1) is 0 Å². The average molecular weight is 417 g/mol. The molecule has 5 rings (SSSR count). The molecule has 1 fully saturated rings. The fraction of sp³-hybridized carbons (Fsp3) is 0.160. The van der Waals surface area contributed by atoms with Gasteiger partial charge in [0.25, 0.3) is 0 Å². The summed E-state index contributed by atoms with van der Waals surface area (Å²) in [5, 5.41) is 20.8. The third-order valence-corrected chi connectivity index (χ3v) is 5.83. The average Bonchev–Trinajstić information content (AvgIpc) is 3.41. The van der Waals surface area contributed by atoms with Gasteiger partial charge in [-0.1, -0.05) is 18.2 Å². The van der Waals surface area contributed by atoms with Crippen LogP contribution in [0, 0.1) is 5.82 Å². The zero-order valence-electron chi connectivity index (χ0n) is 16.6. The van der Waals surface area contributed by atoms with Crippen molar-refractivity contribution in [3.8, 4) is 22.6 Å². The monoisotopic (exact) mass is 417 g/mol. The van der Waals surface area contributed by atoms with E-state index in [1.807, 2.05) is 10.6 Å². The van der Waals surface area contributed by atoms with E-state index in [2.05, 4.69) is 0 Å². The number of hydrogen-bond donors (Lipinski definition) is 2. The van der Waals surface area contributed by atoms with E-state index in [1.165, 1.54) is 12.1 Å². The Morgan fingerprint density at radius 2 is 1.77 bits per heavy atom. The molecule has 0 amide bonds. The predicted octanol–water partition coefficient (Wildman–Crippen LogP) is 5.34. The summed E-state index contributed by atoms with van der Waals surface area (Å²) in [7, 11) is 0. The van der Waals surface area contributed by atoms with Gasteiger partial charge in [-0.2, -0.15) is 0 Å². The lowest BCUT2D eigenvalue weighted by Gasteiger charge is -2.17. The van der Waals surface area contributed by atoms with E-state index in [4.69, 9.17) is 4.74 Å². The highest BCUT2D eigenvalue weighted by Gasteiger charge is 2.30. The van der Waals surface area contributed by atoms with Gasteiger partial charge in [-0.05, 0) is 60.5 Å². The normalized spacial score (nSPS) is 16.1. The summed E-state index contributed by atoms with van der Waals surface area (Å²) in [5.41, 5.74) is 4.38.